The highest BCUT2D eigenvalue weighted by Crippen LogP contribution is 2.33. The van der Waals surface area contributed by atoms with Crippen LogP contribution >= 0.6 is 0 Å². The molecule has 23 heavy (non-hydrogen) atoms. The summed E-state index contributed by atoms with van der Waals surface area (Å²) in [6.45, 7) is 3.77. The van der Waals surface area contributed by atoms with E-state index in [0.717, 1.165) is 31.9 Å². The molecule has 2 heterocycles. The molecule has 118 valence electrons. The van der Waals surface area contributed by atoms with Gasteiger partial charge in [0, 0.05) is 43.8 Å². The lowest BCUT2D eigenvalue weighted by Crippen LogP contribution is -2.54. The van der Waals surface area contributed by atoms with E-state index >= 15 is 0 Å². The minimum atomic E-state index is 0.0188. The molecular weight excluding hydrogens is 286 g/mol. The third kappa shape index (κ3) is 2.94. The quantitative estimate of drug-likeness (QED) is 0.946. The topological polar surface area (TPSA) is 35.6 Å². The minimum absolute atomic E-state index is 0.0188. The Morgan fingerprint density at radius 2 is 1.65 bits per heavy atom. The van der Waals surface area contributed by atoms with Gasteiger partial charge in [-0.05, 0) is 17.7 Å². The van der Waals surface area contributed by atoms with Gasteiger partial charge in [-0.1, -0.05) is 48.5 Å². The first-order chi connectivity index (χ1) is 11.3. The van der Waals surface area contributed by atoms with E-state index in [0.29, 0.717) is 12.0 Å². The first-order valence-corrected chi connectivity index (χ1v) is 8.18. The van der Waals surface area contributed by atoms with E-state index in [-0.39, 0.29) is 6.03 Å². The summed E-state index contributed by atoms with van der Waals surface area (Å²) >= 11 is 0. The summed E-state index contributed by atoms with van der Waals surface area (Å²) in [5.74, 6) is 0.625. The predicted octanol–water partition coefficient (Wildman–Crippen LogP) is 3.03. The van der Waals surface area contributed by atoms with Crippen LogP contribution < -0.4 is 5.32 Å². The number of nitrogens with one attached hydrogen (secondary N) is 1. The average Bonchev–Trinajstić information content (AvgIpc) is 2.92. The van der Waals surface area contributed by atoms with Crippen LogP contribution in [0.2, 0.25) is 0 Å². The number of para-hydroxylation sites is 1. The van der Waals surface area contributed by atoms with E-state index in [4.69, 9.17) is 0 Å². The van der Waals surface area contributed by atoms with Gasteiger partial charge in [0.2, 0.25) is 0 Å². The van der Waals surface area contributed by atoms with E-state index < -0.39 is 0 Å². The fraction of sp³-hybridized carbons (Fsp3) is 0.316. The number of amides is 2. The van der Waals surface area contributed by atoms with E-state index in [1.54, 1.807) is 0 Å². The van der Waals surface area contributed by atoms with Crippen molar-refractivity contribution in [2.24, 2.45) is 5.92 Å². The van der Waals surface area contributed by atoms with Crippen molar-refractivity contribution in [2.45, 2.75) is 12.6 Å². The summed E-state index contributed by atoms with van der Waals surface area (Å²) < 4.78 is 0. The average molecular weight is 307 g/mol. The fourth-order valence-electron chi connectivity index (χ4n) is 3.64. The number of nitrogens with zero attached hydrogens (tertiary/aromatic N) is 2. The number of hydrogen-bond acceptors (Lipinski definition) is 2. The lowest BCUT2D eigenvalue weighted by atomic mass is 9.91. The third-order valence-electron chi connectivity index (χ3n) is 4.89. The van der Waals surface area contributed by atoms with Crippen molar-refractivity contribution in [2.75, 3.05) is 25.0 Å². The highest BCUT2D eigenvalue weighted by molar-refractivity contribution is 5.89. The Balaban J connectivity index is 1.34. The summed E-state index contributed by atoms with van der Waals surface area (Å²) in [5, 5.41) is 2.99. The van der Waals surface area contributed by atoms with Crippen LogP contribution in [0.15, 0.2) is 60.7 Å². The Bertz CT molecular complexity index is 674. The van der Waals surface area contributed by atoms with Crippen LogP contribution in [0, 0.1) is 5.92 Å². The maximum Gasteiger partial charge on any atom is 0.321 e. The van der Waals surface area contributed by atoms with E-state index in [1.165, 1.54) is 5.56 Å². The normalized spacial score (nSPS) is 23.2. The minimum Gasteiger partial charge on any atom is -0.323 e. The predicted molar refractivity (Wildman–Crippen MR) is 91.2 cm³/mol. The fourth-order valence-corrected chi connectivity index (χ4v) is 3.64. The number of benzene rings is 2. The standard InChI is InChI=1S/C19H21N3O/c23-19(20-17-9-5-2-6-10-17)22-13-16-12-21(18(16)14-22)11-15-7-3-1-4-8-15/h1-10,16,18H,11-14H2,(H,20,23)/t16-,18+/m1/s1. The molecule has 1 N–H and O–H groups in total. The molecule has 0 aromatic heterocycles. The number of likely N-dealkylation sites (tertiary alicyclic amines) is 2. The molecule has 4 rings (SSSR count). The van der Waals surface area contributed by atoms with Crippen LogP contribution in [0.25, 0.3) is 0 Å². The highest BCUT2D eigenvalue weighted by Gasteiger charge is 2.46. The van der Waals surface area contributed by atoms with E-state index in [1.807, 2.05) is 41.3 Å². The van der Waals surface area contributed by atoms with E-state index in [2.05, 4.69) is 34.5 Å². The van der Waals surface area contributed by atoms with Gasteiger partial charge in [-0.25, -0.2) is 4.79 Å². The maximum atomic E-state index is 12.4. The molecule has 2 amide bonds. The molecule has 4 heteroatoms. The lowest BCUT2D eigenvalue weighted by molar-refractivity contribution is 0.0435. The number of carbonyl (C=O) groups excluding carboxylic acids is 1. The molecule has 0 radical (unpaired) electrons. The second-order valence-electron chi connectivity index (χ2n) is 6.44. The largest absolute Gasteiger partial charge is 0.323 e. The first-order valence-electron chi connectivity index (χ1n) is 8.18. The summed E-state index contributed by atoms with van der Waals surface area (Å²) in [4.78, 5) is 16.8. The third-order valence-corrected chi connectivity index (χ3v) is 4.89. The number of fused-ring (bicyclic) bond motifs is 1. The zero-order chi connectivity index (χ0) is 15.6. The van der Waals surface area contributed by atoms with Crippen molar-refractivity contribution < 1.29 is 4.79 Å². The Kier molecular flexibility index (Phi) is 3.75. The van der Waals surface area contributed by atoms with Crippen LogP contribution in [-0.4, -0.2) is 41.5 Å². The molecule has 0 bridgehead atoms. The monoisotopic (exact) mass is 307 g/mol. The van der Waals surface area contributed by atoms with Gasteiger partial charge in [-0.15, -0.1) is 0 Å². The van der Waals surface area contributed by atoms with Crippen molar-refractivity contribution in [1.29, 1.82) is 0 Å². The van der Waals surface area contributed by atoms with Gasteiger partial charge in [0.05, 0.1) is 0 Å². The molecule has 2 aliphatic heterocycles. The van der Waals surface area contributed by atoms with Gasteiger partial charge < -0.3 is 10.2 Å². The molecule has 0 spiro atoms. The summed E-state index contributed by atoms with van der Waals surface area (Å²) in [6.07, 6.45) is 0. The smallest absolute Gasteiger partial charge is 0.321 e. The number of carbonyl (C=O) groups is 1. The van der Waals surface area contributed by atoms with Crippen molar-refractivity contribution >= 4 is 11.7 Å². The summed E-state index contributed by atoms with van der Waals surface area (Å²) in [5.41, 5.74) is 2.20. The Labute approximate surface area is 136 Å². The van der Waals surface area contributed by atoms with Crippen LogP contribution in [0.3, 0.4) is 0 Å². The molecule has 2 saturated heterocycles. The molecular formula is C19H21N3O. The Hall–Kier alpha value is -2.33. The number of urea groups is 1. The molecule has 2 aromatic rings. The van der Waals surface area contributed by atoms with Gasteiger partial charge in [0.1, 0.15) is 0 Å². The first kappa shape index (κ1) is 14.3. The van der Waals surface area contributed by atoms with Crippen LogP contribution in [0.4, 0.5) is 10.5 Å². The highest BCUT2D eigenvalue weighted by atomic mass is 16.2. The van der Waals surface area contributed by atoms with Crippen LogP contribution in [0.1, 0.15) is 5.56 Å². The molecule has 0 saturated carbocycles. The number of anilines is 1. The lowest BCUT2D eigenvalue weighted by Gasteiger charge is -2.43. The molecule has 0 unspecified atom stereocenters. The Morgan fingerprint density at radius 3 is 2.39 bits per heavy atom. The maximum absolute atomic E-state index is 12.4. The van der Waals surface area contributed by atoms with Gasteiger partial charge >= 0.3 is 6.03 Å². The van der Waals surface area contributed by atoms with Crippen molar-refractivity contribution in [1.82, 2.24) is 9.80 Å². The zero-order valence-electron chi connectivity index (χ0n) is 13.1. The second kappa shape index (κ2) is 6.05. The molecule has 2 aliphatic rings. The summed E-state index contributed by atoms with van der Waals surface area (Å²) in [7, 11) is 0. The molecule has 2 fully saturated rings. The Morgan fingerprint density at radius 1 is 0.957 bits per heavy atom. The van der Waals surface area contributed by atoms with Crippen molar-refractivity contribution in [3.63, 3.8) is 0 Å². The van der Waals surface area contributed by atoms with Gasteiger partial charge in [-0.2, -0.15) is 0 Å². The second-order valence-corrected chi connectivity index (χ2v) is 6.44. The molecule has 0 aliphatic carbocycles. The summed E-state index contributed by atoms with van der Waals surface area (Å²) in [6, 6.07) is 20.7. The van der Waals surface area contributed by atoms with Gasteiger partial charge in [0.15, 0.2) is 0 Å². The van der Waals surface area contributed by atoms with Crippen molar-refractivity contribution in [3.05, 3.63) is 66.2 Å². The molecule has 2 atom stereocenters. The zero-order valence-corrected chi connectivity index (χ0v) is 13.1. The van der Waals surface area contributed by atoms with E-state index in [9.17, 15) is 4.79 Å². The number of rotatable bonds is 3. The number of hydrogen-bond donors (Lipinski definition) is 1. The van der Waals surface area contributed by atoms with Gasteiger partial charge in [-0.3, -0.25) is 4.90 Å². The SMILES string of the molecule is O=C(Nc1ccccc1)N1C[C@H]2CN(Cc3ccccc3)[C@H]2C1. The van der Waals surface area contributed by atoms with Crippen LogP contribution in [0.5, 0.6) is 0 Å². The molecule has 2 aromatic carbocycles. The van der Waals surface area contributed by atoms with Crippen LogP contribution in [-0.2, 0) is 6.54 Å². The van der Waals surface area contributed by atoms with Crippen molar-refractivity contribution in [3.8, 4) is 0 Å². The van der Waals surface area contributed by atoms with Gasteiger partial charge in [0.25, 0.3) is 0 Å². The molecule has 4 nitrogen and oxygen atoms in total.